The summed E-state index contributed by atoms with van der Waals surface area (Å²) in [7, 11) is 0. The van der Waals surface area contributed by atoms with Crippen LogP contribution in [0.3, 0.4) is 0 Å². The first-order chi connectivity index (χ1) is 9.29. The normalized spacial score (nSPS) is 11.7. The summed E-state index contributed by atoms with van der Waals surface area (Å²) in [5.41, 5.74) is 2.41. The van der Waals surface area contributed by atoms with Gasteiger partial charge in [-0.25, -0.2) is 4.98 Å². The lowest BCUT2D eigenvalue weighted by molar-refractivity contribution is 0.0640. The van der Waals surface area contributed by atoms with Gasteiger partial charge in [0.25, 0.3) is 0 Å². The molecule has 0 aliphatic rings. The van der Waals surface area contributed by atoms with Gasteiger partial charge in [0.2, 0.25) is 0 Å². The van der Waals surface area contributed by atoms with Gasteiger partial charge in [0, 0.05) is 12.4 Å². The average molecular weight is 254 g/mol. The van der Waals surface area contributed by atoms with Crippen molar-refractivity contribution in [2.45, 2.75) is 26.5 Å². The van der Waals surface area contributed by atoms with Crippen LogP contribution in [0.1, 0.15) is 24.2 Å². The van der Waals surface area contributed by atoms with Gasteiger partial charge in [-0.1, -0.05) is 35.7 Å². The highest BCUT2D eigenvalue weighted by molar-refractivity contribution is 5.23. The van der Waals surface area contributed by atoms with Crippen molar-refractivity contribution in [2.24, 2.45) is 0 Å². The van der Waals surface area contributed by atoms with Crippen molar-refractivity contribution in [2.75, 3.05) is 6.61 Å². The molecule has 0 spiro atoms. The molecule has 0 N–H and O–H groups in total. The smallest absolute Gasteiger partial charge is 0.108 e. The van der Waals surface area contributed by atoms with Crippen molar-refractivity contribution in [3.63, 3.8) is 0 Å². The zero-order valence-corrected chi connectivity index (χ0v) is 11.3. The number of imidazole rings is 1. The number of benzene rings is 1. The first kappa shape index (κ1) is 13.4. The molecule has 2 aromatic rings. The second kappa shape index (κ2) is 6.77. The molecule has 0 fully saturated rings. The van der Waals surface area contributed by atoms with Crippen LogP contribution >= 0.6 is 0 Å². The third-order valence-electron chi connectivity index (χ3n) is 2.92. The van der Waals surface area contributed by atoms with Crippen molar-refractivity contribution in [1.82, 2.24) is 9.55 Å². The topological polar surface area (TPSA) is 27.1 Å². The van der Waals surface area contributed by atoms with Gasteiger partial charge < -0.3 is 9.30 Å². The van der Waals surface area contributed by atoms with E-state index >= 15 is 0 Å². The molecule has 1 atom stereocenters. The summed E-state index contributed by atoms with van der Waals surface area (Å²) < 4.78 is 7.88. The van der Waals surface area contributed by atoms with Crippen molar-refractivity contribution in [3.8, 4) is 11.8 Å². The highest BCUT2D eigenvalue weighted by Crippen LogP contribution is 2.20. The molecule has 3 heteroatoms. The van der Waals surface area contributed by atoms with Gasteiger partial charge >= 0.3 is 0 Å². The molecular weight excluding hydrogens is 236 g/mol. The summed E-state index contributed by atoms with van der Waals surface area (Å²) in [5.74, 6) is 5.79. The maximum atomic E-state index is 5.86. The standard InChI is InChI=1S/C16H18N2O/c1-3-4-11-19-16(12-18-10-9-17-13-18)15-7-5-14(2)6-8-15/h5-10,13,16H,11-12H2,1-2H3. The van der Waals surface area contributed by atoms with Crippen LogP contribution in [-0.4, -0.2) is 16.2 Å². The van der Waals surface area contributed by atoms with Crippen molar-refractivity contribution < 1.29 is 4.74 Å². The van der Waals surface area contributed by atoms with E-state index in [1.807, 2.05) is 17.7 Å². The van der Waals surface area contributed by atoms with Crippen LogP contribution in [0.4, 0.5) is 0 Å². The molecule has 0 aliphatic carbocycles. The molecule has 0 saturated carbocycles. The molecule has 3 nitrogen and oxygen atoms in total. The van der Waals surface area contributed by atoms with E-state index in [0.717, 1.165) is 12.1 Å². The Hall–Kier alpha value is -2.05. The van der Waals surface area contributed by atoms with Crippen molar-refractivity contribution >= 4 is 0 Å². The fraction of sp³-hybridized carbons (Fsp3) is 0.312. The lowest BCUT2D eigenvalue weighted by Crippen LogP contribution is -2.12. The fourth-order valence-corrected chi connectivity index (χ4v) is 1.84. The highest BCUT2D eigenvalue weighted by atomic mass is 16.5. The molecule has 1 aromatic carbocycles. The molecule has 0 radical (unpaired) electrons. The number of hydrogen-bond donors (Lipinski definition) is 0. The molecule has 0 aliphatic heterocycles. The number of hydrogen-bond acceptors (Lipinski definition) is 2. The minimum absolute atomic E-state index is 0.00403. The summed E-state index contributed by atoms with van der Waals surface area (Å²) in [6, 6.07) is 8.42. The Kier molecular flexibility index (Phi) is 4.77. The van der Waals surface area contributed by atoms with E-state index in [-0.39, 0.29) is 6.10 Å². The molecule has 1 unspecified atom stereocenters. The predicted octanol–water partition coefficient (Wildman–Crippen LogP) is 2.97. The fourth-order valence-electron chi connectivity index (χ4n) is 1.84. The number of rotatable bonds is 5. The van der Waals surface area contributed by atoms with Gasteiger partial charge in [-0.3, -0.25) is 0 Å². The number of aryl methyl sites for hydroxylation is 1. The maximum absolute atomic E-state index is 5.86. The van der Waals surface area contributed by atoms with E-state index in [0.29, 0.717) is 6.61 Å². The molecule has 0 saturated heterocycles. The summed E-state index contributed by atoms with van der Waals surface area (Å²) >= 11 is 0. The minimum atomic E-state index is -0.00403. The Bertz CT molecular complexity index is 547. The lowest BCUT2D eigenvalue weighted by atomic mass is 10.1. The highest BCUT2D eigenvalue weighted by Gasteiger charge is 2.12. The monoisotopic (exact) mass is 254 g/mol. The second-order valence-corrected chi connectivity index (χ2v) is 4.40. The van der Waals surface area contributed by atoms with E-state index in [2.05, 4.69) is 48.0 Å². The molecule has 1 aromatic heterocycles. The number of aromatic nitrogens is 2. The van der Waals surface area contributed by atoms with E-state index in [1.165, 1.54) is 5.56 Å². The van der Waals surface area contributed by atoms with E-state index < -0.39 is 0 Å². The Morgan fingerprint density at radius 3 is 2.74 bits per heavy atom. The zero-order valence-electron chi connectivity index (χ0n) is 11.3. The summed E-state index contributed by atoms with van der Waals surface area (Å²) in [6.45, 7) is 5.09. The van der Waals surface area contributed by atoms with Gasteiger partial charge in [-0.2, -0.15) is 0 Å². The molecule has 2 rings (SSSR count). The number of nitrogens with zero attached hydrogens (tertiary/aromatic N) is 2. The van der Waals surface area contributed by atoms with Crippen LogP contribution in [0.2, 0.25) is 0 Å². The van der Waals surface area contributed by atoms with E-state index in [1.54, 1.807) is 12.5 Å². The van der Waals surface area contributed by atoms with Crippen LogP contribution in [-0.2, 0) is 11.3 Å². The quantitative estimate of drug-likeness (QED) is 0.767. The molecular formula is C16H18N2O. The van der Waals surface area contributed by atoms with E-state index in [9.17, 15) is 0 Å². The van der Waals surface area contributed by atoms with E-state index in [4.69, 9.17) is 4.74 Å². The van der Waals surface area contributed by atoms with Crippen LogP contribution < -0.4 is 0 Å². The van der Waals surface area contributed by atoms with Gasteiger partial charge in [-0.05, 0) is 19.4 Å². The zero-order chi connectivity index (χ0) is 13.5. The Labute approximate surface area is 114 Å². The summed E-state index contributed by atoms with van der Waals surface area (Å²) in [4.78, 5) is 4.06. The molecule has 1 heterocycles. The Balaban J connectivity index is 2.12. The first-order valence-corrected chi connectivity index (χ1v) is 6.33. The maximum Gasteiger partial charge on any atom is 0.108 e. The van der Waals surface area contributed by atoms with Gasteiger partial charge in [0.15, 0.2) is 0 Å². The average Bonchev–Trinajstić information content (AvgIpc) is 2.92. The van der Waals surface area contributed by atoms with Gasteiger partial charge in [0.05, 0.1) is 12.9 Å². The lowest BCUT2D eigenvalue weighted by Gasteiger charge is -2.17. The van der Waals surface area contributed by atoms with Crippen LogP contribution in [0.25, 0.3) is 0 Å². The SMILES string of the molecule is CC#CCOC(Cn1ccnc1)c1ccc(C)cc1. The third kappa shape index (κ3) is 3.97. The molecule has 0 bridgehead atoms. The Morgan fingerprint density at radius 1 is 1.32 bits per heavy atom. The van der Waals surface area contributed by atoms with Crippen molar-refractivity contribution in [1.29, 1.82) is 0 Å². The summed E-state index contributed by atoms with van der Waals surface area (Å²) in [6.07, 6.45) is 5.51. The predicted molar refractivity (Wildman–Crippen MR) is 75.5 cm³/mol. The van der Waals surface area contributed by atoms with Crippen LogP contribution in [0.15, 0.2) is 43.0 Å². The van der Waals surface area contributed by atoms with Gasteiger partial charge in [-0.15, -0.1) is 5.92 Å². The second-order valence-electron chi connectivity index (χ2n) is 4.40. The van der Waals surface area contributed by atoms with Crippen LogP contribution in [0.5, 0.6) is 0 Å². The molecule has 0 amide bonds. The number of ether oxygens (including phenoxy) is 1. The third-order valence-corrected chi connectivity index (χ3v) is 2.92. The van der Waals surface area contributed by atoms with Gasteiger partial charge in [0.1, 0.15) is 12.7 Å². The van der Waals surface area contributed by atoms with Crippen LogP contribution in [0, 0.1) is 18.8 Å². The minimum Gasteiger partial charge on any atom is -0.359 e. The summed E-state index contributed by atoms with van der Waals surface area (Å²) in [5, 5.41) is 0. The molecule has 98 valence electrons. The first-order valence-electron chi connectivity index (χ1n) is 6.33. The Morgan fingerprint density at radius 2 is 2.11 bits per heavy atom. The van der Waals surface area contributed by atoms with Crippen molar-refractivity contribution in [3.05, 3.63) is 54.1 Å². The molecule has 19 heavy (non-hydrogen) atoms. The largest absolute Gasteiger partial charge is 0.359 e.